The van der Waals surface area contributed by atoms with Gasteiger partial charge in [-0.15, -0.1) is 34.2 Å². The largest absolute Gasteiger partial charge is 0.352 e. The molecule has 0 saturated carbocycles. The van der Waals surface area contributed by atoms with E-state index in [2.05, 4.69) is 42.4 Å². The number of hydrogen-bond acceptors (Lipinski definition) is 4. The number of nitrogens with zero attached hydrogens (tertiary/aromatic N) is 6. The van der Waals surface area contributed by atoms with Crippen LogP contribution in [0.2, 0.25) is 0 Å². The Bertz CT molecular complexity index is 761. The zero-order valence-corrected chi connectivity index (χ0v) is 18.4. The van der Waals surface area contributed by atoms with Crippen LogP contribution in [0, 0.1) is 13.8 Å². The summed E-state index contributed by atoms with van der Waals surface area (Å²) >= 11 is 0. The van der Waals surface area contributed by atoms with E-state index in [9.17, 15) is 0 Å². The van der Waals surface area contributed by atoms with Gasteiger partial charge in [-0.2, -0.15) is 5.10 Å². The summed E-state index contributed by atoms with van der Waals surface area (Å²) in [4.78, 5) is 4.31. The predicted molar refractivity (Wildman–Crippen MR) is 113 cm³/mol. The molecule has 0 radical (unpaired) electrons. The van der Waals surface area contributed by atoms with Crippen LogP contribution < -0.4 is 10.6 Å². The molecule has 1 aliphatic heterocycles. The van der Waals surface area contributed by atoms with Crippen molar-refractivity contribution in [3.05, 3.63) is 28.6 Å². The Labute approximate surface area is 171 Å². The third-order valence-electron chi connectivity index (χ3n) is 4.92. The van der Waals surface area contributed by atoms with E-state index < -0.39 is 0 Å². The first-order valence-corrected chi connectivity index (χ1v) is 8.94. The van der Waals surface area contributed by atoms with E-state index >= 15 is 0 Å². The zero-order valence-electron chi connectivity index (χ0n) is 16.0. The van der Waals surface area contributed by atoms with Gasteiger partial charge in [0, 0.05) is 44.9 Å². The molecule has 2 N–H and O–H groups in total. The van der Waals surface area contributed by atoms with Gasteiger partial charge in [0.2, 0.25) is 0 Å². The van der Waals surface area contributed by atoms with Gasteiger partial charge in [-0.25, -0.2) is 0 Å². The lowest BCUT2D eigenvalue weighted by Crippen LogP contribution is -2.37. The molecule has 3 rings (SSSR count). The molecule has 0 amide bonds. The van der Waals surface area contributed by atoms with Gasteiger partial charge in [0.05, 0.1) is 12.2 Å². The summed E-state index contributed by atoms with van der Waals surface area (Å²) < 4.78 is 4.16. The molecule has 0 atom stereocenters. The van der Waals surface area contributed by atoms with Crippen LogP contribution in [0.4, 0.5) is 0 Å². The fourth-order valence-corrected chi connectivity index (χ4v) is 3.30. The monoisotopic (exact) mass is 472 g/mol. The van der Waals surface area contributed by atoms with Crippen molar-refractivity contribution in [2.75, 3.05) is 7.05 Å². The van der Waals surface area contributed by atoms with Gasteiger partial charge < -0.3 is 15.2 Å². The standard InChI is InChI=1S/C17H28N8.HI/c1-12-14(13(2)24(4)23-12)10-19-17(18-3)20-11-16-22-21-15-8-6-5-7-9-25(15)16;/h5-11H2,1-4H3,(H2,18,19,20);1H. The maximum Gasteiger partial charge on any atom is 0.191 e. The van der Waals surface area contributed by atoms with Crippen LogP contribution in [0.5, 0.6) is 0 Å². The third-order valence-corrected chi connectivity index (χ3v) is 4.92. The molecule has 9 heteroatoms. The van der Waals surface area contributed by atoms with E-state index in [1.807, 2.05) is 18.7 Å². The van der Waals surface area contributed by atoms with Crippen LogP contribution >= 0.6 is 24.0 Å². The lowest BCUT2D eigenvalue weighted by molar-refractivity contribution is 0.596. The Morgan fingerprint density at radius 3 is 2.58 bits per heavy atom. The topological polar surface area (TPSA) is 84.9 Å². The molecule has 0 saturated heterocycles. The number of guanidine groups is 1. The first-order valence-electron chi connectivity index (χ1n) is 8.94. The van der Waals surface area contributed by atoms with Crippen LogP contribution in [0.1, 0.15) is 47.9 Å². The summed E-state index contributed by atoms with van der Waals surface area (Å²) in [6, 6.07) is 0. The van der Waals surface area contributed by atoms with Gasteiger partial charge in [0.15, 0.2) is 11.8 Å². The van der Waals surface area contributed by atoms with Crippen molar-refractivity contribution < 1.29 is 0 Å². The molecule has 26 heavy (non-hydrogen) atoms. The third kappa shape index (κ3) is 4.54. The summed E-state index contributed by atoms with van der Waals surface area (Å²) in [6.07, 6.45) is 4.70. The molecule has 2 aromatic rings. The van der Waals surface area contributed by atoms with Gasteiger partial charge in [-0.1, -0.05) is 6.42 Å². The second kappa shape index (κ2) is 9.33. The molecular weight excluding hydrogens is 443 g/mol. The molecule has 1 aliphatic rings. The SMILES string of the molecule is CN=C(NCc1c(C)nn(C)c1C)NCc1nnc2n1CCCCC2.I. The molecule has 3 heterocycles. The van der Waals surface area contributed by atoms with E-state index in [1.54, 1.807) is 7.05 Å². The van der Waals surface area contributed by atoms with Crippen molar-refractivity contribution in [3.8, 4) is 0 Å². The maximum absolute atomic E-state index is 4.45. The Kier molecular flexibility index (Phi) is 7.42. The molecule has 0 unspecified atom stereocenters. The summed E-state index contributed by atoms with van der Waals surface area (Å²) in [5.74, 6) is 2.85. The Morgan fingerprint density at radius 1 is 1.12 bits per heavy atom. The lowest BCUT2D eigenvalue weighted by atomic mass is 10.2. The highest BCUT2D eigenvalue weighted by Gasteiger charge is 2.15. The van der Waals surface area contributed by atoms with E-state index in [-0.39, 0.29) is 24.0 Å². The van der Waals surface area contributed by atoms with Crippen LogP contribution in [0.3, 0.4) is 0 Å². The molecule has 0 bridgehead atoms. The summed E-state index contributed by atoms with van der Waals surface area (Å²) in [6.45, 7) is 6.45. The highest BCUT2D eigenvalue weighted by Crippen LogP contribution is 2.14. The number of aromatic nitrogens is 5. The fourth-order valence-electron chi connectivity index (χ4n) is 3.30. The minimum atomic E-state index is 0. The van der Waals surface area contributed by atoms with Crippen LogP contribution in [0.25, 0.3) is 0 Å². The smallest absolute Gasteiger partial charge is 0.191 e. The number of fused-ring (bicyclic) bond motifs is 1. The van der Waals surface area contributed by atoms with E-state index in [4.69, 9.17) is 0 Å². The van der Waals surface area contributed by atoms with Crippen molar-refractivity contribution in [1.82, 2.24) is 35.2 Å². The average Bonchev–Trinajstić information content (AvgIpc) is 2.98. The minimum Gasteiger partial charge on any atom is -0.352 e. The van der Waals surface area contributed by atoms with Gasteiger partial charge >= 0.3 is 0 Å². The first kappa shape index (κ1) is 20.7. The highest BCUT2D eigenvalue weighted by molar-refractivity contribution is 14.0. The minimum absolute atomic E-state index is 0. The van der Waals surface area contributed by atoms with Gasteiger partial charge in [0.25, 0.3) is 0 Å². The molecule has 8 nitrogen and oxygen atoms in total. The van der Waals surface area contributed by atoms with E-state index in [0.717, 1.165) is 36.3 Å². The van der Waals surface area contributed by atoms with Gasteiger partial charge in [-0.05, 0) is 26.7 Å². The van der Waals surface area contributed by atoms with Crippen molar-refractivity contribution in [2.24, 2.45) is 12.0 Å². The number of hydrogen-bond donors (Lipinski definition) is 2. The van der Waals surface area contributed by atoms with Crippen molar-refractivity contribution in [2.45, 2.75) is 59.2 Å². The first-order chi connectivity index (χ1) is 12.1. The molecular formula is C17H29IN8. The molecule has 144 valence electrons. The van der Waals surface area contributed by atoms with E-state index in [1.165, 1.54) is 30.5 Å². The highest BCUT2D eigenvalue weighted by atomic mass is 127. The summed E-state index contributed by atoms with van der Waals surface area (Å²) in [7, 11) is 3.75. The number of aliphatic imine (C=N–C) groups is 1. The molecule has 2 aromatic heterocycles. The zero-order chi connectivity index (χ0) is 17.8. The summed E-state index contributed by atoms with van der Waals surface area (Å²) in [5.41, 5.74) is 3.43. The summed E-state index contributed by atoms with van der Waals surface area (Å²) in [5, 5.41) is 19.9. The van der Waals surface area contributed by atoms with Crippen LogP contribution in [0.15, 0.2) is 4.99 Å². The van der Waals surface area contributed by atoms with Gasteiger partial charge in [0.1, 0.15) is 5.82 Å². The lowest BCUT2D eigenvalue weighted by Gasteiger charge is -2.13. The Balaban J connectivity index is 0.00000243. The predicted octanol–water partition coefficient (Wildman–Crippen LogP) is 1.84. The normalized spacial score (nSPS) is 14.4. The average molecular weight is 472 g/mol. The van der Waals surface area contributed by atoms with Crippen molar-refractivity contribution in [3.63, 3.8) is 0 Å². The van der Waals surface area contributed by atoms with Crippen LogP contribution in [-0.2, 0) is 33.1 Å². The Hall–Kier alpha value is -1.65. The Morgan fingerprint density at radius 2 is 1.88 bits per heavy atom. The van der Waals surface area contributed by atoms with E-state index in [0.29, 0.717) is 13.1 Å². The quantitative estimate of drug-likeness (QED) is 0.403. The van der Waals surface area contributed by atoms with Gasteiger partial charge in [-0.3, -0.25) is 9.67 Å². The molecule has 0 spiro atoms. The molecule has 0 fully saturated rings. The molecule has 0 aliphatic carbocycles. The number of nitrogens with one attached hydrogen (secondary N) is 2. The van der Waals surface area contributed by atoms with Crippen LogP contribution in [-0.4, -0.2) is 37.6 Å². The maximum atomic E-state index is 4.45. The number of halogens is 1. The fraction of sp³-hybridized carbons (Fsp3) is 0.647. The second-order valence-corrected chi connectivity index (χ2v) is 6.55. The van der Waals surface area contributed by atoms with Crippen molar-refractivity contribution >= 4 is 29.9 Å². The number of aryl methyl sites for hydroxylation is 3. The van der Waals surface area contributed by atoms with Crippen molar-refractivity contribution in [1.29, 1.82) is 0 Å². The second-order valence-electron chi connectivity index (χ2n) is 6.55. The molecule has 0 aromatic carbocycles. The number of rotatable bonds is 4.